The van der Waals surface area contributed by atoms with Gasteiger partial charge in [0.05, 0.1) is 11.9 Å². The molecule has 2 aromatic rings. The van der Waals surface area contributed by atoms with Crippen molar-refractivity contribution in [3.63, 3.8) is 0 Å². The smallest absolute Gasteiger partial charge is 0.210 e. The van der Waals surface area contributed by atoms with E-state index in [0.717, 1.165) is 5.69 Å². The lowest BCUT2D eigenvalue weighted by Gasteiger charge is -2.29. The lowest BCUT2D eigenvalue weighted by molar-refractivity contribution is -0.000751. The molecule has 0 aliphatic carbocycles. The van der Waals surface area contributed by atoms with E-state index in [0.29, 0.717) is 12.3 Å². The number of aromatic nitrogens is 2. The van der Waals surface area contributed by atoms with Crippen molar-refractivity contribution in [3.05, 3.63) is 48.3 Å². The van der Waals surface area contributed by atoms with Gasteiger partial charge in [0.1, 0.15) is 11.8 Å². The fourth-order valence-electron chi connectivity index (χ4n) is 2.28. The van der Waals surface area contributed by atoms with Gasteiger partial charge < -0.3 is 4.74 Å². The van der Waals surface area contributed by atoms with Gasteiger partial charge in [-0.3, -0.25) is 4.79 Å². The molecule has 112 valence electrons. The molecule has 1 unspecified atom stereocenters. The second-order valence-electron chi connectivity index (χ2n) is 6.03. The van der Waals surface area contributed by atoms with Crippen LogP contribution in [-0.2, 0) is 4.74 Å². The Balaban J connectivity index is 2.38. The van der Waals surface area contributed by atoms with Crippen LogP contribution in [0.25, 0.3) is 5.69 Å². The molecule has 1 aromatic carbocycles. The first kappa shape index (κ1) is 15.4. The summed E-state index contributed by atoms with van der Waals surface area (Å²) in [7, 11) is 0. The first-order valence-electron chi connectivity index (χ1n) is 7.20. The van der Waals surface area contributed by atoms with Crippen LogP contribution >= 0.6 is 0 Å². The van der Waals surface area contributed by atoms with Gasteiger partial charge >= 0.3 is 0 Å². The summed E-state index contributed by atoms with van der Waals surface area (Å²) in [5.41, 5.74) is 1.16. The molecule has 1 heterocycles. The Bertz CT molecular complexity index is 597. The summed E-state index contributed by atoms with van der Waals surface area (Å²) in [4.78, 5) is 12.9. The Hall–Kier alpha value is -1.94. The number of benzene rings is 1. The van der Waals surface area contributed by atoms with E-state index in [4.69, 9.17) is 4.74 Å². The molecule has 0 saturated heterocycles. The minimum absolute atomic E-state index is 0.0364. The van der Waals surface area contributed by atoms with Crippen LogP contribution in [0.4, 0.5) is 0 Å². The molecule has 0 bridgehead atoms. The highest BCUT2D eigenvalue weighted by atomic mass is 16.5. The summed E-state index contributed by atoms with van der Waals surface area (Å²) in [5.74, 6) is -0.0364. The quantitative estimate of drug-likeness (QED) is 0.790. The summed E-state index contributed by atoms with van der Waals surface area (Å²) < 4.78 is 7.36. The number of Topliss-reactive ketones (excluding diaryl/α,β-unsaturated/α-hetero) is 1. The highest BCUT2D eigenvalue weighted by Crippen LogP contribution is 2.26. The Morgan fingerprint density at radius 1 is 1.24 bits per heavy atom. The zero-order valence-electron chi connectivity index (χ0n) is 13.0. The van der Waals surface area contributed by atoms with Crippen LogP contribution < -0.4 is 0 Å². The summed E-state index contributed by atoms with van der Waals surface area (Å²) >= 11 is 0. The molecular weight excluding hydrogens is 264 g/mol. The second kappa shape index (κ2) is 6.22. The summed E-state index contributed by atoms with van der Waals surface area (Å²) in [6, 6.07) is 11.4. The van der Waals surface area contributed by atoms with Gasteiger partial charge in [-0.05, 0) is 30.5 Å². The maximum Gasteiger partial charge on any atom is 0.210 e. The first-order chi connectivity index (χ1) is 9.95. The first-order valence-corrected chi connectivity index (χ1v) is 7.20. The zero-order valence-corrected chi connectivity index (χ0v) is 13.0. The highest BCUT2D eigenvalue weighted by Gasteiger charge is 2.34. The predicted octanol–water partition coefficient (Wildman–Crippen LogP) is 3.51. The molecule has 0 radical (unpaired) electrons. The number of para-hydroxylation sites is 1. The van der Waals surface area contributed by atoms with Gasteiger partial charge in [0.25, 0.3) is 0 Å². The van der Waals surface area contributed by atoms with Crippen molar-refractivity contribution in [2.75, 3.05) is 6.61 Å². The standard InChI is InChI=1S/C17H22N2O2/c1-5-21-16(17(2,3)4)15(20)14-11-12-18-19(14)13-9-7-6-8-10-13/h6-12,16H,5H2,1-4H3. The van der Waals surface area contributed by atoms with Gasteiger partial charge in [-0.1, -0.05) is 39.0 Å². The number of carbonyl (C=O) groups excluding carboxylic acids is 1. The zero-order chi connectivity index (χ0) is 15.5. The van der Waals surface area contributed by atoms with Crippen molar-refractivity contribution < 1.29 is 9.53 Å². The summed E-state index contributed by atoms with van der Waals surface area (Å²) in [5, 5.41) is 4.27. The summed E-state index contributed by atoms with van der Waals surface area (Å²) in [6.07, 6.45) is 1.16. The van der Waals surface area contributed by atoms with Crippen LogP contribution in [0.15, 0.2) is 42.6 Å². The summed E-state index contributed by atoms with van der Waals surface area (Å²) in [6.45, 7) is 8.44. The Morgan fingerprint density at radius 2 is 1.90 bits per heavy atom. The average molecular weight is 286 g/mol. The molecule has 0 fully saturated rings. The third kappa shape index (κ3) is 3.39. The number of ketones is 1. The van der Waals surface area contributed by atoms with Crippen LogP contribution in [0.1, 0.15) is 38.2 Å². The molecule has 1 atom stereocenters. The maximum atomic E-state index is 12.9. The molecule has 0 spiro atoms. The average Bonchev–Trinajstić information content (AvgIpc) is 2.93. The van der Waals surface area contributed by atoms with Crippen LogP contribution in [0.5, 0.6) is 0 Å². The maximum absolute atomic E-state index is 12.9. The number of hydrogen-bond donors (Lipinski definition) is 0. The second-order valence-corrected chi connectivity index (χ2v) is 6.03. The molecule has 0 N–H and O–H groups in total. The number of nitrogens with zero attached hydrogens (tertiary/aromatic N) is 2. The Kier molecular flexibility index (Phi) is 4.58. The molecular formula is C17H22N2O2. The molecule has 0 saturated carbocycles. The minimum atomic E-state index is -0.485. The topological polar surface area (TPSA) is 44.1 Å². The van der Waals surface area contributed by atoms with E-state index in [1.807, 2.05) is 58.0 Å². The van der Waals surface area contributed by atoms with Crippen molar-refractivity contribution in [1.82, 2.24) is 9.78 Å². The largest absolute Gasteiger partial charge is 0.370 e. The van der Waals surface area contributed by atoms with Gasteiger partial charge in [0.2, 0.25) is 5.78 Å². The predicted molar refractivity (Wildman–Crippen MR) is 82.8 cm³/mol. The van der Waals surface area contributed by atoms with E-state index in [2.05, 4.69) is 5.10 Å². The van der Waals surface area contributed by atoms with E-state index >= 15 is 0 Å². The molecule has 21 heavy (non-hydrogen) atoms. The number of ether oxygens (including phenoxy) is 1. The van der Waals surface area contributed by atoms with Gasteiger partial charge in [0, 0.05) is 6.61 Å². The lowest BCUT2D eigenvalue weighted by atomic mass is 9.85. The monoisotopic (exact) mass is 286 g/mol. The van der Waals surface area contributed by atoms with E-state index in [9.17, 15) is 4.79 Å². The van der Waals surface area contributed by atoms with Crippen LogP contribution in [0, 0.1) is 5.41 Å². The minimum Gasteiger partial charge on any atom is -0.370 e. The van der Waals surface area contributed by atoms with E-state index in [1.165, 1.54) is 0 Å². The number of rotatable bonds is 5. The third-order valence-electron chi connectivity index (χ3n) is 3.25. The van der Waals surface area contributed by atoms with Crippen LogP contribution in [0.3, 0.4) is 0 Å². The van der Waals surface area contributed by atoms with Gasteiger partial charge in [-0.25, -0.2) is 4.68 Å². The van der Waals surface area contributed by atoms with Crippen molar-refractivity contribution in [2.45, 2.75) is 33.8 Å². The Labute approximate surface area is 125 Å². The molecule has 1 aromatic heterocycles. The molecule has 4 nitrogen and oxygen atoms in total. The molecule has 2 rings (SSSR count). The molecule has 0 aliphatic heterocycles. The van der Waals surface area contributed by atoms with Crippen molar-refractivity contribution in [3.8, 4) is 5.69 Å². The number of carbonyl (C=O) groups is 1. The fourth-order valence-corrected chi connectivity index (χ4v) is 2.28. The molecule has 0 aliphatic rings. The third-order valence-corrected chi connectivity index (χ3v) is 3.25. The van der Waals surface area contributed by atoms with Crippen LogP contribution in [-0.4, -0.2) is 28.3 Å². The SMILES string of the molecule is CCOC(C(=O)c1ccnn1-c1ccccc1)C(C)(C)C. The van der Waals surface area contributed by atoms with Crippen molar-refractivity contribution in [1.29, 1.82) is 0 Å². The lowest BCUT2D eigenvalue weighted by Crippen LogP contribution is -2.38. The Morgan fingerprint density at radius 3 is 2.48 bits per heavy atom. The van der Waals surface area contributed by atoms with E-state index in [1.54, 1.807) is 16.9 Å². The van der Waals surface area contributed by atoms with Crippen molar-refractivity contribution >= 4 is 5.78 Å². The van der Waals surface area contributed by atoms with E-state index < -0.39 is 6.10 Å². The normalized spacial score (nSPS) is 13.1. The van der Waals surface area contributed by atoms with Crippen molar-refractivity contribution in [2.24, 2.45) is 5.41 Å². The van der Waals surface area contributed by atoms with Gasteiger partial charge in [-0.15, -0.1) is 0 Å². The van der Waals surface area contributed by atoms with Crippen LogP contribution in [0.2, 0.25) is 0 Å². The molecule has 4 heteroatoms. The number of hydrogen-bond acceptors (Lipinski definition) is 3. The molecule has 0 amide bonds. The highest BCUT2D eigenvalue weighted by molar-refractivity contribution is 5.99. The van der Waals surface area contributed by atoms with Gasteiger partial charge in [0.15, 0.2) is 0 Å². The fraction of sp³-hybridized carbons (Fsp3) is 0.412. The van der Waals surface area contributed by atoms with Gasteiger partial charge in [-0.2, -0.15) is 5.10 Å². The van der Waals surface area contributed by atoms with E-state index in [-0.39, 0.29) is 11.2 Å².